The molecule has 0 radical (unpaired) electrons. The van der Waals surface area contributed by atoms with Crippen LogP contribution in [0.4, 0.5) is 0 Å². The molecular weight excluding hydrogens is 234 g/mol. The lowest BCUT2D eigenvalue weighted by Gasteiger charge is -2.24. The molecular formula is C12H17N3O3. The zero-order chi connectivity index (χ0) is 13.0. The molecule has 0 spiro atoms. The molecule has 0 aliphatic carbocycles. The van der Waals surface area contributed by atoms with Crippen molar-refractivity contribution in [1.82, 2.24) is 4.98 Å². The highest BCUT2D eigenvalue weighted by molar-refractivity contribution is 6.00. The topological polar surface area (TPSA) is 90.0 Å². The number of amidine groups is 1. The van der Waals surface area contributed by atoms with Crippen LogP contribution >= 0.6 is 0 Å². The Labute approximate surface area is 105 Å². The molecule has 1 aliphatic heterocycles. The predicted octanol–water partition coefficient (Wildman–Crippen LogP) is 1.04. The van der Waals surface area contributed by atoms with Gasteiger partial charge in [0.2, 0.25) is 5.88 Å². The summed E-state index contributed by atoms with van der Waals surface area (Å²) in [6, 6.07) is 1.80. The van der Waals surface area contributed by atoms with Crippen LogP contribution in [0.1, 0.15) is 24.0 Å². The van der Waals surface area contributed by atoms with E-state index in [1.54, 1.807) is 12.3 Å². The third-order valence-corrected chi connectivity index (χ3v) is 2.94. The highest BCUT2D eigenvalue weighted by Gasteiger charge is 2.20. The van der Waals surface area contributed by atoms with Gasteiger partial charge in [-0.3, -0.25) is 0 Å². The number of ether oxygens (including phenoxy) is 2. The maximum Gasteiger partial charge on any atom is 0.225 e. The molecule has 1 aliphatic rings. The molecule has 0 bridgehead atoms. The monoisotopic (exact) mass is 251 g/mol. The fourth-order valence-corrected chi connectivity index (χ4v) is 1.94. The molecule has 0 unspecified atom stereocenters. The van der Waals surface area contributed by atoms with Crippen LogP contribution in [-0.4, -0.2) is 35.3 Å². The largest absolute Gasteiger partial charge is 0.474 e. The molecule has 1 aromatic heterocycles. The molecule has 18 heavy (non-hydrogen) atoms. The van der Waals surface area contributed by atoms with E-state index in [2.05, 4.69) is 10.1 Å². The number of hydrogen-bond acceptors (Lipinski definition) is 5. The van der Waals surface area contributed by atoms with Crippen LogP contribution in [-0.2, 0) is 4.74 Å². The summed E-state index contributed by atoms with van der Waals surface area (Å²) in [4.78, 5) is 4.17. The molecule has 1 saturated heterocycles. The number of nitrogens with zero attached hydrogens (tertiary/aromatic N) is 2. The van der Waals surface area contributed by atoms with Gasteiger partial charge in [0.15, 0.2) is 5.84 Å². The second-order valence-corrected chi connectivity index (χ2v) is 4.22. The minimum Gasteiger partial charge on any atom is -0.474 e. The van der Waals surface area contributed by atoms with E-state index in [-0.39, 0.29) is 11.9 Å². The number of aromatic nitrogens is 1. The van der Waals surface area contributed by atoms with Crippen molar-refractivity contribution in [2.24, 2.45) is 10.9 Å². The summed E-state index contributed by atoms with van der Waals surface area (Å²) in [7, 11) is 0. The molecule has 0 amide bonds. The van der Waals surface area contributed by atoms with Gasteiger partial charge in [-0.2, -0.15) is 0 Å². The highest BCUT2D eigenvalue weighted by atomic mass is 16.5. The van der Waals surface area contributed by atoms with Crippen LogP contribution in [0.25, 0.3) is 0 Å². The Morgan fingerprint density at radius 1 is 1.56 bits per heavy atom. The summed E-state index contributed by atoms with van der Waals surface area (Å²) in [5, 5.41) is 11.8. The molecule has 1 aromatic rings. The maximum atomic E-state index is 8.80. The lowest BCUT2D eigenvalue weighted by atomic mass is 10.1. The first-order valence-corrected chi connectivity index (χ1v) is 5.90. The Kier molecular flexibility index (Phi) is 3.99. The van der Waals surface area contributed by atoms with Gasteiger partial charge in [0.25, 0.3) is 0 Å². The smallest absolute Gasteiger partial charge is 0.225 e. The molecule has 1 fully saturated rings. The van der Waals surface area contributed by atoms with Gasteiger partial charge >= 0.3 is 0 Å². The zero-order valence-electron chi connectivity index (χ0n) is 10.3. The van der Waals surface area contributed by atoms with E-state index in [4.69, 9.17) is 20.4 Å². The summed E-state index contributed by atoms with van der Waals surface area (Å²) >= 11 is 0. The molecule has 98 valence electrons. The Bertz CT molecular complexity index is 442. The summed E-state index contributed by atoms with van der Waals surface area (Å²) < 4.78 is 11.1. The normalized spacial score (nSPS) is 17.7. The van der Waals surface area contributed by atoms with E-state index in [9.17, 15) is 0 Å². The predicted molar refractivity (Wildman–Crippen MR) is 66.0 cm³/mol. The lowest BCUT2D eigenvalue weighted by Crippen LogP contribution is -2.28. The van der Waals surface area contributed by atoms with Crippen LogP contribution in [0.5, 0.6) is 5.88 Å². The van der Waals surface area contributed by atoms with Gasteiger partial charge in [0.1, 0.15) is 6.10 Å². The minimum atomic E-state index is 0.0164. The Hall–Kier alpha value is -1.82. The van der Waals surface area contributed by atoms with Crippen LogP contribution < -0.4 is 10.5 Å². The number of nitrogens with two attached hydrogens (primary N) is 1. The quantitative estimate of drug-likeness (QED) is 0.362. The Morgan fingerprint density at radius 3 is 2.94 bits per heavy atom. The van der Waals surface area contributed by atoms with Gasteiger partial charge in [0.05, 0.1) is 18.8 Å². The third-order valence-electron chi connectivity index (χ3n) is 2.94. The molecule has 6 nitrogen and oxygen atoms in total. The number of aryl methyl sites for hydroxylation is 1. The summed E-state index contributed by atoms with van der Waals surface area (Å²) in [5.41, 5.74) is 7.07. The molecule has 3 N–H and O–H groups in total. The molecule has 0 atom stereocenters. The number of rotatable bonds is 3. The molecule has 0 saturated carbocycles. The van der Waals surface area contributed by atoms with Gasteiger partial charge in [-0.05, 0) is 18.6 Å². The molecule has 2 heterocycles. The van der Waals surface area contributed by atoms with Crippen LogP contribution in [0.2, 0.25) is 0 Å². The van der Waals surface area contributed by atoms with E-state index >= 15 is 0 Å². The van der Waals surface area contributed by atoms with E-state index in [0.717, 1.165) is 18.4 Å². The number of hydrogen-bond donors (Lipinski definition) is 2. The molecule has 6 heteroatoms. The van der Waals surface area contributed by atoms with Gasteiger partial charge in [0, 0.05) is 19.0 Å². The van der Waals surface area contributed by atoms with E-state index < -0.39 is 0 Å². The highest BCUT2D eigenvalue weighted by Crippen LogP contribution is 2.22. The van der Waals surface area contributed by atoms with Crippen LogP contribution in [0, 0.1) is 6.92 Å². The van der Waals surface area contributed by atoms with Crippen molar-refractivity contribution in [1.29, 1.82) is 0 Å². The first kappa shape index (κ1) is 12.6. The van der Waals surface area contributed by atoms with Crippen molar-refractivity contribution in [2.45, 2.75) is 25.9 Å². The van der Waals surface area contributed by atoms with Crippen molar-refractivity contribution in [3.05, 3.63) is 23.4 Å². The van der Waals surface area contributed by atoms with Gasteiger partial charge in [-0.1, -0.05) is 5.16 Å². The summed E-state index contributed by atoms with van der Waals surface area (Å²) in [6.45, 7) is 3.25. The van der Waals surface area contributed by atoms with E-state index in [1.807, 2.05) is 6.92 Å². The van der Waals surface area contributed by atoms with Crippen molar-refractivity contribution >= 4 is 5.84 Å². The molecule has 0 aromatic carbocycles. The third kappa shape index (κ3) is 2.70. The Morgan fingerprint density at radius 2 is 2.28 bits per heavy atom. The standard InChI is InChI=1S/C12H17N3O3/c1-8-2-5-14-12(10(8)11(13)15-16)18-9-3-6-17-7-4-9/h2,5,9,16H,3-4,6-7H2,1H3,(H2,13,15). The van der Waals surface area contributed by atoms with Gasteiger partial charge in [-0.25, -0.2) is 4.98 Å². The summed E-state index contributed by atoms with van der Waals surface area (Å²) in [5.74, 6) is 0.430. The number of pyridine rings is 1. The molecule has 2 rings (SSSR count). The van der Waals surface area contributed by atoms with Crippen LogP contribution in [0.3, 0.4) is 0 Å². The maximum absolute atomic E-state index is 8.80. The first-order valence-electron chi connectivity index (χ1n) is 5.90. The fraction of sp³-hybridized carbons (Fsp3) is 0.500. The van der Waals surface area contributed by atoms with Crippen molar-refractivity contribution < 1.29 is 14.7 Å². The number of oxime groups is 1. The Balaban J connectivity index is 2.23. The minimum absolute atomic E-state index is 0.0164. The SMILES string of the molecule is Cc1ccnc(OC2CCOCC2)c1/C(N)=N/O. The second-order valence-electron chi connectivity index (χ2n) is 4.22. The second kappa shape index (κ2) is 5.68. The van der Waals surface area contributed by atoms with E-state index in [1.165, 1.54) is 0 Å². The van der Waals surface area contributed by atoms with Gasteiger partial charge in [-0.15, -0.1) is 0 Å². The summed E-state index contributed by atoms with van der Waals surface area (Å²) in [6.07, 6.45) is 3.37. The van der Waals surface area contributed by atoms with Crippen LogP contribution in [0.15, 0.2) is 17.4 Å². The average molecular weight is 251 g/mol. The average Bonchev–Trinajstić information content (AvgIpc) is 2.39. The van der Waals surface area contributed by atoms with Crippen molar-refractivity contribution in [3.8, 4) is 5.88 Å². The van der Waals surface area contributed by atoms with Crippen molar-refractivity contribution in [3.63, 3.8) is 0 Å². The van der Waals surface area contributed by atoms with Gasteiger partial charge < -0.3 is 20.4 Å². The first-order chi connectivity index (χ1) is 8.72. The fourth-order valence-electron chi connectivity index (χ4n) is 1.94. The van der Waals surface area contributed by atoms with Crippen molar-refractivity contribution in [2.75, 3.05) is 13.2 Å². The zero-order valence-corrected chi connectivity index (χ0v) is 10.3. The van der Waals surface area contributed by atoms with E-state index in [0.29, 0.717) is 24.7 Å². The lowest BCUT2D eigenvalue weighted by molar-refractivity contribution is 0.0236.